The molecule has 0 amide bonds. The molecule has 0 aliphatic heterocycles. The second kappa shape index (κ2) is 5.82. The molecule has 0 fully saturated rings. The summed E-state index contributed by atoms with van der Waals surface area (Å²) >= 11 is 14.1. The molecule has 0 aromatic carbocycles. The van der Waals surface area contributed by atoms with Crippen molar-refractivity contribution in [3.05, 3.63) is 0 Å². The third-order valence-corrected chi connectivity index (χ3v) is 4.37. The van der Waals surface area contributed by atoms with E-state index in [9.17, 15) is 4.57 Å². The molecule has 0 aliphatic carbocycles. The van der Waals surface area contributed by atoms with Crippen LogP contribution in [0.5, 0.6) is 0 Å². The summed E-state index contributed by atoms with van der Waals surface area (Å²) in [6.07, 6.45) is 1.99. The standard InChI is InChI=1S/C5H11BrCl2NOP/c1-9(11(7,8)10)5-3-2-4-6/h2-5H2,1H3. The van der Waals surface area contributed by atoms with Crippen molar-refractivity contribution >= 4 is 44.4 Å². The summed E-state index contributed by atoms with van der Waals surface area (Å²) in [6, 6.07) is 0. The zero-order valence-electron chi connectivity index (χ0n) is 6.26. The number of nitrogens with zero attached hydrogens (tertiary/aromatic N) is 1. The van der Waals surface area contributed by atoms with Crippen LogP contribution in [0.25, 0.3) is 0 Å². The van der Waals surface area contributed by atoms with Gasteiger partial charge in [0.05, 0.1) is 0 Å². The third-order valence-electron chi connectivity index (χ3n) is 1.26. The van der Waals surface area contributed by atoms with Gasteiger partial charge in [0.2, 0.25) is 0 Å². The van der Waals surface area contributed by atoms with E-state index < -0.39 is 6.00 Å². The van der Waals surface area contributed by atoms with E-state index in [0.717, 1.165) is 18.2 Å². The van der Waals surface area contributed by atoms with Crippen LogP contribution in [0.15, 0.2) is 0 Å². The second-order valence-corrected chi connectivity index (χ2v) is 7.83. The number of alkyl halides is 1. The molecule has 11 heavy (non-hydrogen) atoms. The summed E-state index contributed by atoms with van der Waals surface area (Å²) in [4.78, 5) is 0. The first kappa shape index (κ1) is 12.2. The first-order valence-corrected chi connectivity index (χ1v) is 7.84. The van der Waals surface area contributed by atoms with Gasteiger partial charge in [-0.1, -0.05) is 15.9 Å². The van der Waals surface area contributed by atoms with Crippen molar-refractivity contribution in [2.45, 2.75) is 12.8 Å². The summed E-state index contributed by atoms with van der Waals surface area (Å²) in [6.45, 7) is 0.676. The van der Waals surface area contributed by atoms with Gasteiger partial charge in [0.25, 0.3) is 0 Å². The van der Waals surface area contributed by atoms with Crippen molar-refractivity contribution in [2.75, 3.05) is 18.9 Å². The summed E-state index contributed by atoms with van der Waals surface area (Å²) in [5.74, 6) is -3.03. The maximum Gasteiger partial charge on any atom is 0.321 e. The molecule has 0 aromatic rings. The van der Waals surface area contributed by atoms with Crippen molar-refractivity contribution in [3.63, 3.8) is 0 Å². The van der Waals surface area contributed by atoms with E-state index in [1.54, 1.807) is 7.05 Å². The van der Waals surface area contributed by atoms with E-state index in [1.807, 2.05) is 0 Å². The minimum absolute atomic E-state index is 0.676. The highest BCUT2D eigenvalue weighted by Crippen LogP contribution is 2.58. The Labute approximate surface area is 85.4 Å². The molecule has 2 nitrogen and oxygen atoms in total. The third kappa shape index (κ3) is 6.41. The predicted molar refractivity (Wildman–Crippen MR) is 55.0 cm³/mol. The van der Waals surface area contributed by atoms with Gasteiger partial charge in [-0.2, -0.15) is 0 Å². The summed E-state index contributed by atoms with van der Waals surface area (Å²) in [5.41, 5.74) is 0. The normalized spacial score (nSPS) is 12.5. The molecule has 0 heterocycles. The maximum atomic E-state index is 11.0. The van der Waals surface area contributed by atoms with Crippen LogP contribution in [0.1, 0.15) is 12.8 Å². The summed E-state index contributed by atoms with van der Waals surface area (Å²) in [7, 11) is 1.66. The van der Waals surface area contributed by atoms with E-state index >= 15 is 0 Å². The first-order chi connectivity index (χ1) is 4.98. The van der Waals surface area contributed by atoms with E-state index in [1.165, 1.54) is 4.67 Å². The molecule has 0 bridgehead atoms. The summed E-state index contributed by atoms with van der Waals surface area (Å²) < 4.78 is 12.4. The molecule has 0 spiro atoms. The highest BCUT2D eigenvalue weighted by atomic mass is 79.9. The van der Waals surface area contributed by atoms with Gasteiger partial charge in [-0.3, -0.25) is 4.57 Å². The Morgan fingerprint density at radius 3 is 2.36 bits per heavy atom. The number of rotatable bonds is 5. The fourth-order valence-electron chi connectivity index (χ4n) is 0.552. The van der Waals surface area contributed by atoms with Gasteiger partial charge in [0.1, 0.15) is 0 Å². The molecule has 0 saturated heterocycles. The Morgan fingerprint density at radius 1 is 1.45 bits per heavy atom. The van der Waals surface area contributed by atoms with Crippen LogP contribution in [-0.4, -0.2) is 23.6 Å². The molecule has 0 saturated carbocycles. The monoisotopic (exact) mass is 281 g/mol. The SMILES string of the molecule is CN(CCCCBr)P(=O)(Cl)Cl. The quantitative estimate of drug-likeness (QED) is 0.436. The molecule has 0 rings (SSSR count). The van der Waals surface area contributed by atoms with E-state index in [0.29, 0.717) is 6.54 Å². The van der Waals surface area contributed by atoms with Gasteiger partial charge >= 0.3 is 6.00 Å². The Bertz CT molecular complexity index is 151. The van der Waals surface area contributed by atoms with Crippen LogP contribution in [0, 0.1) is 0 Å². The topological polar surface area (TPSA) is 20.3 Å². The predicted octanol–water partition coefficient (Wildman–Crippen LogP) is 3.68. The molecular weight excluding hydrogens is 272 g/mol. The lowest BCUT2D eigenvalue weighted by Crippen LogP contribution is -2.11. The lowest BCUT2D eigenvalue weighted by molar-refractivity contribution is 0.481. The Morgan fingerprint density at radius 2 is 2.00 bits per heavy atom. The minimum atomic E-state index is -3.03. The average molecular weight is 283 g/mol. The number of unbranched alkanes of at least 4 members (excludes halogenated alkanes) is 1. The van der Waals surface area contributed by atoms with Crippen LogP contribution in [-0.2, 0) is 4.57 Å². The molecule has 0 unspecified atom stereocenters. The highest BCUT2D eigenvalue weighted by molar-refractivity contribution is 9.09. The fourth-order valence-corrected chi connectivity index (χ4v) is 1.78. The molecule has 0 aliphatic rings. The fraction of sp³-hybridized carbons (Fsp3) is 1.00. The second-order valence-electron chi connectivity index (χ2n) is 2.21. The molecule has 68 valence electrons. The van der Waals surface area contributed by atoms with E-state index in [2.05, 4.69) is 15.9 Å². The maximum absolute atomic E-state index is 11.0. The number of halogens is 3. The molecule has 6 heteroatoms. The zero-order valence-corrected chi connectivity index (χ0v) is 10.3. The van der Waals surface area contributed by atoms with Gasteiger partial charge < -0.3 is 0 Å². The Hall–Kier alpha value is 1.25. The minimum Gasteiger partial charge on any atom is -0.271 e. The molecule has 0 N–H and O–H groups in total. The van der Waals surface area contributed by atoms with Gasteiger partial charge in [0.15, 0.2) is 0 Å². The Kier molecular flexibility index (Phi) is 6.48. The lowest BCUT2D eigenvalue weighted by Gasteiger charge is -2.16. The van der Waals surface area contributed by atoms with Gasteiger partial charge in [-0.25, -0.2) is 4.67 Å². The lowest BCUT2D eigenvalue weighted by atomic mass is 10.3. The summed E-state index contributed by atoms with van der Waals surface area (Å²) in [5, 5.41) is 0.954. The largest absolute Gasteiger partial charge is 0.321 e. The highest BCUT2D eigenvalue weighted by Gasteiger charge is 2.19. The van der Waals surface area contributed by atoms with Crippen molar-refractivity contribution in [1.29, 1.82) is 0 Å². The van der Waals surface area contributed by atoms with Crippen LogP contribution in [0.2, 0.25) is 0 Å². The average Bonchev–Trinajstić information content (AvgIpc) is 1.86. The van der Waals surface area contributed by atoms with E-state index in [-0.39, 0.29) is 0 Å². The first-order valence-electron chi connectivity index (χ1n) is 3.25. The molecule has 0 atom stereocenters. The van der Waals surface area contributed by atoms with Gasteiger partial charge in [0, 0.05) is 11.9 Å². The number of hydrogen-bond acceptors (Lipinski definition) is 1. The van der Waals surface area contributed by atoms with Crippen molar-refractivity contribution in [3.8, 4) is 0 Å². The van der Waals surface area contributed by atoms with E-state index in [4.69, 9.17) is 22.5 Å². The van der Waals surface area contributed by atoms with Gasteiger partial charge in [-0.05, 0) is 42.4 Å². The van der Waals surface area contributed by atoms with Crippen molar-refractivity contribution in [2.24, 2.45) is 0 Å². The van der Waals surface area contributed by atoms with Crippen molar-refractivity contribution < 1.29 is 4.57 Å². The zero-order chi connectivity index (χ0) is 8.91. The van der Waals surface area contributed by atoms with Crippen LogP contribution >= 0.6 is 44.4 Å². The Balaban J connectivity index is 3.53. The molecular formula is C5H11BrCl2NOP. The molecule has 0 aromatic heterocycles. The number of hydrogen-bond donors (Lipinski definition) is 0. The smallest absolute Gasteiger partial charge is 0.271 e. The van der Waals surface area contributed by atoms with Crippen LogP contribution < -0.4 is 0 Å². The van der Waals surface area contributed by atoms with Crippen molar-refractivity contribution in [1.82, 2.24) is 4.67 Å². The van der Waals surface area contributed by atoms with Crippen LogP contribution in [0.4, 0.5) is 0 Å². The van der Waals surface area contributed by atoms with Crippen LogP contribution in [0.3, 0.4) is 0 Å². The molecule has 0 radical (unpaired) electrons. The van der Waals surface area contributed by atoms with Gasteiger partial charge in [-0.15, -0.1) is 0 Å².